The van der Waals surface area contributed by atoms with Crippen LogP contribution in [-0.4, -0.2) is 68.4 Å². The zero-order chi connectivity index (χ0) is 22.4. The lowest BCUT2D eigenvalue weighted by atomic mass is 10.0. The topological polar surface area (TPSA) is 57.0 Å². The molecule has 32 heavy (non-hydrogen) atoms. The van der Waals surface area contributed by atoms with Crippen LogP contribution in [0, 0.1) is 13.8 Å². The van der Waals surface area contributed by atoms with Gasteiger partial charge in [-0.1, -0.05) is 12.2 Å². The van der Waals surface area contributed by atoms with Gasteiger partial charge in [0, 0.05) is 44.0 Å². The molecule has 1 saturated heterocycles. The van der Waals surface area contributed by atoms with Gasteiger partial charge in [-0.2, -0.15) is 5.10 Å². The number of aromatic nitrogens is 3. The Balaban J connectivity index is 1.51. The highest BCUT2D eigenvalue weighted by Crippen LogP contribution is 2.29. The average Bonchev–Trinajstić information content (AvgIpc) is 3.17. The number of piperazine rings is 1. The second-order valence-corrected chi connectivity index (χ2v) is 8.72. The predicted molar refractivity (Wildman–Crippen MR) is 125 cm³/mol. The van der Waals surface area contributed by atoms with Gasteiger partial charge in [-0.05, 0) is 51.6 Å². The van der Waals surface area contributed by atoms with Crippen LogP contribution in [0.15, 0.2) is 65.8 Å². The third kappa shape index (κ3) is 3.69. The lowest BCUT2D eigenvalue weighted by molar-refractivity contribution is -0.122. The fourth-order valence-electron chi connectivity index (χ4n) is 4.44. The van der Waals surface area contributed by atoms with Crippen LogP contribution in [0.2, 0.25) is 0 Å². The van der Waals surface area contributed by atoms with Gasteiger partial charge in [0.2, 0.25) is 0 Å². The van der Waals surface area contributed by atoms with Crippen molar-refractivity contribution in [2.45, 2.75) is 20.8 Å². The summed E-state index contributed by atoms with van der Waals surface area (Å²) in [6, 6.07) is 1.99. The molecular formula is C25H28N6O. The van der Waals surface area contributed by atoms with Crippen molar-refractivity contribution in [1.29, 1.82) is 0 Å². The molecule has 0 aromatic carbocycles. The lowest BCUT2D eigenvalue weighted by Crippen LogP contribution is -2.44. The summed E-state index contributed by atoms with van der Waals surface area (Å²) in [6.07, 6.45) is 13.7. The average molecular weight is 429 g/mol. The van der Waals surface area contributed by atoms with E-state index in [0.29, 0.717) is 0 Å². The highest BCUT2D eigenvalue weighted by Gasteiger charge is 2.25. The van der Waals surface area contributed by atoms with Crippen LogP contribution in [0.1, 0.15) is 24.0 Å². The van der Waals surface area contributed by atoms with Gasteiger partial charge >= 0.3 is 0 Å². The van der Waals surface area contributed by atoms with E-state index in [2.05, 4.69) is 34.8 Å². The maximum Gasteiger partial charge on any atom is 0.255 e. The third-order valence-corrected chi connectivity index (χ3v) is 6.26. The molecule has 0 saturated carbocycles. The molecule has 0 atom stereocenters. The van der Waals surface area contributed by atoms with E-state index in [1.807, 2.05) is 55.1 Å². The minimum absolute atomic E-state index is 0.0715. The summed E-state index contributed by atoms with van der Waals surface area (Å²) in [6.45, 7) is 9.96. The predicted octanol–water partition coefficient (Wildman–Crippen LogP) is 3.06. The molecule has 5 heterocycles. The summed E-state index contributed by atoms with van der Waals surface area (Å²) < 4.78 is 1.84. The largest absolute Gasteiger partial charge is 0.368 e. The van der Waals surface area contributed by atoms with Crippen molar-refractivity contribution in [2.75, 3.05) is 33.2 Å². The van der Waals surface area contributed by atoms with Crippen LogP contribution in [-0.2, 0) is 4.79 Å². The van der Waals surface area contributed by atoms with Gasteiger partial charge in [-0.3, -0.25) is 14.7 Å². The first-order chi connectivity index (χ1) is 15.4. The van der Waals surface area contributed by atoms with E-state index >= 15 is 0 Å². The van der Waals surface area contributed by atoms with E-state index in [0.717, 1.165) is 71.3 Å². The molecule has 0 radical (unpaired) electrons. The highest BCUT2D eigenvalue weighted by atomic mass is 16.2. The van der Waals surface area contributed by atoms with Crippen molar-refractivity contribution < 1.29 is 4.79 Å². The second-order valence-electron chi connectivity index (χ2n) is 8.72. The van der Waals surface area contributed by atoms with E-state index in [1.165, 1.54) is 0 Å². The molecule has 0 aliphatic carbocycles. The summed E-state index contributed by atoms with van der Waals surface area (Å²) >= 11 is 0. The van der Waals surface area contributed by atoms with Crippen LogP contribution >= 0.6 is 0 Å². The SMILES string of the molecule is CC1=CC(N2CCN(C)CC2)=CN2C(=O)/C=C(c3cc4c(C)nc(C)cn4n3)\C=C\C=C12. The summed E-state index contributed by atoms with van der Waals surface area (Å²) in [5.74, 6) is -0.0715. The van der Waals surface area contributed by atoms with Gasteiger partial charge < -0.3 is 9.80 Å². The summed E-state index contributed by atoms with van der Waals surface area (Å²) in [4.78, 5) is 24.3. The van der Waals surface area contributed by atoms with Crippen LogP contribution < -0.4 is 0 Å². The Labute approximate surface area is 188 Å². The zero-order valence-corrected chi connectivity index (χ0v) is 19.0. The number of fused-ring (bicyclic) bond motifs is 2. The number of allylic oxidation sites excluding steroid dienone is 6. The van der Waals surface area contributed by atoms with Crippen LogP contribution in [0.3, 0.4) is 0 Å². The molecule has 7 heteroatoms. The Morgan fingerprint density at radius 1 is 1.03 bits per heavy atom. The second kappa shape index (κ2) is 7.91. The molecule has 0 unspecified atom stereocenters. The lowest BCUT2D eigenvalue weighted by Gasteiger charge is -2.37. The number of carbonyl (C=O) groups is 1. The quantitative estimate of drug-likeness (QED) is 0.736. The Bertz CT molecular complexity index is 1250. The molecular weight excluding hydrogens is 400 g/mol. The van der Waals surface area contributed by atoms with Gasteiger partial charge in [-0.15, -0.1) is 0 Å². The number of likely N-dealkylation sites (N-methyl/N-ethyl adjacent to an activating group) is 1. The summed E-state index contributed by atoms with van der Waals surface area (Å²) in [7, 11) is 2.15. The number of amides is 1. The standard InChI is InChI=1S/C25H28N6O/c1-17-12-21(29-10-8-28(4)9-11-29)16-30-23(17)7-5-6-20(13-25(30)32)22-14-24-19(3)26-18(2)15-31(24)27-22/h5-7,12-16H,8-11H2,1-4H3/b6-5+,20-13+,23-7?. The van der Waals surface area contributed by atoms with Gasteiger partial charge in [0.1, 0.15) is 0 Å². The van der Waals surface area contributed by atoms with Crippen LogP contribution in [0.4, 0.5) is 0 Å². The monoisotopic (exact) mass is 428 g/mol. The number of hydrogen-bond donors (Lipinski definition) is 0. The maximum absolute atomic E-state index is 13.4. The highest BCUT2D eigenvalue weighted by molar-refractivity contribution is 5.99. The molecule has 0 spiro atoms. The minimum Gasteiger partial charge on any atom is -0.368 e. The maximum atomic E-state index is 13.4. The van der Waals surface area contributed by atoms with Crippen LogP contribution in [0.5, 0.6) is 0 Å². The molecule has 0 bridgehead atoms. The fraction of sp³-hybridized carbons (Fsp3) is 0.320. The Hall–Kier alpha value is -3.45. The van der Waals surface area contributed by atoms with Gasteiger partial charge in [-0.25, -0.2) is 4.52 Å². The van der Waals surface area contributed by atoms with Crippen molar-refractivity contribution in [3.05, 3.63) is 82.9 Å². The molecule has 2 aromatic heterocycles. The number of carbonyl (C=O) groups excluding carboxylic acids is 1. The normalized spacial score (nSPS) is 22.4. The van der Waals surface area contributed by atoms with Crippen LogP contribution in [0.25, 0.3) is 11.1 Å². The number of rotatable bonds is 2. The van der Waals surface area contributed by atoms with Crippen molar-refractivity contribution in [3.63, 3.8) is 0 Å². The van der Waals surface area contributed by atoms with E-state index in [9.17, 15) is 4.79 Å². The first-order valence-electron chi connectivity index (χ1n) is 11.0. The fourth-order valence-corrected chi connectivity index (χ4v) is 4.44. The number of aryl methyl sites for hydroxylation is 2. The van der Waals surface area contributed by atoms with E-state index in [4.69, 9.17) is 5.10 Å². The van der Waals surface area contributed by atoms with Gasteiger partial charge in [0.05, 0.1) is 40.2 Å². The smallest absolute Gasteiger partial charge is 0.255 e. The Kier molecular flexibility index (Phi) is 5.06. The number of nitrogens with zero attached hydrogens (tertiary/aromatic N) is 6. The molecule has 2 aromatic rings. The molecule has 5 rings (SSSR count). The minimum atomic E-state index is -0.0715. The number of hydrogen-bond acceptors (Lipinski definition) is 5. The molecule has 7 nitrogen and oxygen atoms in total. The van der Waals surface area contributed by atoms with Gasteiger partial charge in [0.15, 0.2) is 0 Å². The van der Waals surface area contributed by atoms with E-state index < -0.39 is 0 Å². The Morgan fingerprint density at radius 2 is 1.81 bits per heavy atom. The molecule has 164 valence electrons. The Morgan fingerprint density at radius 3 is 2.59 bits per heavy atom. The molecule has 0 N–H and O–H groups in total. The molecule has 1 fully saturated rings. The van der Waals surface area contributed by atoms with Crippen molar-refractivity contribution >= 4 is 17.0 Å². The summed E-state index contributed by atoms with van der Waals surface area (Å²) in [5.41, 5.74) is 7.40. The van der Waals surface area contributed by atoms with Crippen molar-refractivity contribution in [2.24, 2.45) is 0 Å². The first-order valence-corrected chi connectivity index (χ1v) is 11.0. The van der Waals surface area contributed by atoms with Gasteiger partial charge in [0.25, 0.3) is 5.91 Å². The summed E-state index contributed by atoms with van der Waals surface area (Å²) in [5, 5.41) is 4.71. The molecule has 1 amide bonds. The van der Waals surface area contributed by atoms with E-state index in [-0.39, 0.29) is 5.91 Å². The van der Waals surface area contributed by atoms with Crippen molar-refractivity contribution in [3.8, 4) is 0 Å². The van der Waals surface area contributed by atoms with E-state index in [1.54, 1.807) is 11.0 Å². The zero-order valence-electron chi connectivity index (χ0n) is 19.0. The third-order valence-electron chi connectivity index (χ3n) is 6.26. The van der Waals surface area contributed by atoms with Crippen molar-refractivity contribution in [1.82, 2.24) is 29.3 Å². The molecule has 3 aliphatic heterocycles. The first kappa shape index (κ1) is 20.5. The molecule has 3 aliphatic rings.